The van der Waals surface area contributed by atoms with Crippen molar-refractivity contribution in [3.63, 3.8) is 0 Å². The summed E-state index contributed by atoms with van der Waals surface area (Å²) in [5, 5.41) is 0. The standard InChI is InChI=1S/C4H3F3/c5-3-1-2-4(6)7/h4H,3H2. The number of alkyl halides is 3. The van der Waals surface area contributed by atoms with E-state index in [0.717, 1.165) is 0 Å². The minimum absolute atomic E-state index is 0.996. The van der Waals surface area contributed by atoms with Gasteiger partial charge in [0.1, 0.15) is 0 Å². The van der Waals surface area contributed by atoms with Crippen LogP contribution in [0.4, 0.5) is 13.2 Å². The van der Waals surface area contributed by atoms with Crippen LogP contribution in [0.3, 0.4) is 0 Å². The first-order chi connectivity index (χ1) is 3.27. The average molecular weight is 108 g/mol. The summed E-state index contributed by atoms with van der Waals surface area (Å²) >= 11 is 0. The summed E-state index contributed by atoms with van der Waals surface area (Å²) < 4.78 is 32.6. The second kappa shape index (κ2) is 3.54. The molecule has 0 unspecified atom stereocenters. The van der Waals surface area contributed by atoms with Crippen molar-refractivity contribution in [1.29, 1.82) is 0 Å². The van der Waals surface area contributed by atoms with E-state index in [2.05, 4.69) is 0 Å². The van der Waals surface area contributed by atoms with E-state index < -0.39 is 13.1 Å². The van der Waals surface area contributed by atoms with Crippen molar-refractivity contribution >= 4 is 0 Å². The molecule has 0 radical (unpaired) electrons. The predicted molar refractivity (Wildman–Crippen MR) is 19.8 cm³/mol. The summed E-state index contributed by atoms with van der Waals surface area (Å²) in [5.41, 5.74) is 0. The van der Waals surface area contributed by atoms with Gasteiger partial charge in [-0.05, 0) is 5.92 Å². The third kappa shape index (κ3) is 5.35. The van der Waals surface area contributed by atoms with E-state index in [-0.39, 0.29) is 0 Å². The lowest BCUT2D eigenvalue weighted by molar-refractivity contribution is 0.215. The summed E-state index contributed by atoms with van der Waals surface area (Å²) in [6, 6.07) is 0. The number of halogens is 3. The number of hydrogen-bond donors (Lipinski definition) is 0. The van der Waals surface area contributed by atoms with Gasteiger partial charge in [0.15, 0.2) is 6.67 Å². The molecule has 0 nitrogen and oxygen atoms in total. The molecule has 0 aromatic carbocycles. The summed E-state index contributed by atoms with van der Waals surface area (Å²) in [7, 11) is 0. The van der Waals surface area contributed by atoms with Gasteiger partial charge < -0.3 is 0 Å². The van der Waals surface area contributed by atoms with Crippen molar-refractivity contribution in [3.05, 3.63) is 0 Å². The zero-order valence-corrected chi connectivity index (χ0v) is 3.42. The molecule has 0 spiro atoms. The van der Waals surface area contributed by atoms with Crippen molar-refractivity contribution in [2.24, 2.45) is 0 Å². The molecular formula is C4H3F3. The largest absolute Gasteiger partial charge is 0.298 e. The zero-order chi connectivity index (χ0) is 5.70. The van der Waals surface area contributed by atoms with Gasteiger partial charge in [0.05, 0.1) is 0 Å². The van der Waals surface area contributed by atoms with Crippen LogP contribution in [0.25, 0.3) is 0 Å². The predicted octanol–water partition coefficient (Wildman–Crippen LogP) is 1.22. The van der Waals surface area contributed by atoms with E-state index in [0.29, 0.717) is 0 Å². The van der Waals surface area contributed by atoms with E-state index >= 15 is 0 Å². The molecule has 0 fully saturated rings. The second-order valence-corrected chi connectivity index (χ2v) is 0.755. The fourth-order valence-electron chi connectivity index (χ4n) is 0.116. The maximum atomic E-state index is 10.9. The Morgan fingerprint density at radius 1 is 1.43 bits per heavy atom. The Morgan fingerprint density at radius 3 is 2.14 bits per heavy atom. The smallest absolute Gasteiger partial charge is 0.237 e. The van der Waals surface area contributed by atoms with Gasteiger partial charge in [-0.25, -0.2) is 4.39 Å². The second-order valence-electron chi connectivity index (χ2n) is 0.755. The first-order valence-corrected chi connectivity index (χ1v) is 1.60. The maximum Gasteiger partial charge on any atom is 0.298 e. The van der Waals surface area contributed by atoms with E-state index in [1.54, 1.807) is 5.92 Å². The van der Waals surface area contributed by atoms with Crippen LogP contribution in [0.2, 0.25) is 0 Å². The normalized spacial score (nSPS) is 8.00. The van der Waals surface area contributed by atoms with Crippen molar-refractivity contribution in [1.82, 2.24) is 0 Å². The van der Waals surface area contributed by atoms with Gasteiger partial charge in [0, 0.05) is 0 Å². The van der Waals surface area contributed by atoms with Crippen LogP contribution in [-0.2, 0) is 0 Å². The molecule has 0 atom stereocenters. The summed E-state index contributed by atoms with van der Waals surface area (Å²) in [6.07, 6.45) is -2.70. The van der Waals surface area contributed by atoms with Gasteiger partial charge in [-0.15, -0.1) is 0 Å². The summed E-state index contributed by atoms with van der Waals surface area (Å²) in [6.45, 7) is -0.996. The van der Waals surface area contributed by atoms with Crippen molar-refractivity contribution < 1.29 is 13.2 Å². The first kappa shape index (κ1) is 6.35. The topological polar surface area (TPSA) is 0 Å². The molecule has 7 heavy (non-hydrogen) atoms. The molecule has 0 aliphatic heterocycles. The van der Waals surface area contributed by atoms with Gasteiger partial charge in [-0.3, -0.25) is 0 Å². The number of hydrogen-bond acceptors (Lipinski definition) is 0. The highest BCUT2D eigenvalue weighted by atomic mass is 19.3. The molecule has 3 heteroatoms. The zero-order valence-electron chi connectivity index (χ0n) is 3.42. The Labute approximate surface area is 39.3 Å². The van der Waals surface area contributed by atoms with Crippen LogP contribution >= 0.6 is 0 Å². The molecule has 0 aromatic heterocycles. The quantitative estimate of drug-likeness (QED) is 0.409. The lowest BCUT2D eigenvalue weighted by atomic mass is 10.6. The highest BCUT2D eigenvalue weighted by Crippen LogP contribution is 1.85. The van der Waals surface area contributed by atoms with E-state index in [1.165, 1.54) is 5.92 Å². The van der Waals surface area contributed by atoms with Crippen LogP contribution in [0, 0.1) is 11.8 Å². The van der Waals surface area contributed by atoms with Gasteiger partial charge in [-0.1, -0.05) is 5.92 Å². The summed E-state index contributed by atoms with van der Waals surface area (Å²) in [4.78, 5) is 0. The molecule has 0 aliphatic carbocycles. The molecule has 0 aromatic rings. The molecule has 0 rings (SSSR count). The van der Waals surface area contributed by atoms with Gasteiger partial charge in [0.25, 0.3) is 6.43 Å². The minimum atomic E-state index is -2.70. The Morgan fingerprint density at radius 2 is 2.00 bits per heavy atom. The molecule has 0 bridgehead atoms. The van der Waals surface area contributed by atoms with E-state index in [4.69, 9.17) is 0 Å². The highest BCUT2D eigenvalue weighted by Gasteiger charge is 1.88. The Hall–Kier alpha value is -0.650. The molecule has 0 saturated heterocycles. The van der Waals surface area contributed by atoms with E-state index in [9.17, 15) is 13.2 Å². The van der Waals surface area contributed by atoms with Crippen LogP contribution in [0.5, 0.6) is 0 Å². The number of rotatable bonds is 0. The molecular weight excluding hydrogens is 105 g/mol. The van der Waals surface area contributed by atoms with Crippen molar-refractivity contribution in [2.45, 2.75) is 6.43 Å². The Balaban J connectivity index is 3.24. The monoisotopic (exact) mass is 108 g/mol. The lowest BCUT2D eigenvalue weighted by Crippen LogP contribution is -1.80. The Bertz CT molecular complexity index is 86.8. The van der Waals surface area contributed by atoms with Crippen molar-refractivity contribution in [2.75, 3.05) is 6.67 Å². The Kier molecular flexibility index (Phi) is 3.21. The first-order valence-electron chi connectivity index (χ1n) is 1.60. The fraction of sp³-hybridized carbons (Fsp3) is 0.500. The van der Waals surface area contributed by atoms with E-state index in [1.807, 2.05) is 0 Å². The molecule has 0 N–H and O–H groups in total. The molecule has 0 aliphatic rings. The summed E-state index contributed by atoms with van der Waals surface area (Å²) in [5.74, 6) is 2.92. The maximum absolute atomic E-state index is 10.9. The third-order valence-corrected chi connectivity index (χ3v) is 0.278. The molecule has 40 valence electrons. The molecule has 0 heterocycles. The van der Waals surface area contributed by atoms with Crippen LogP contribution in [0.15, 0.2) is 0 Å². The van der Waals surface area contributed by atoms with Crippen LogP contribution in [0.1, 0.15) is 0 Å². The van der Waals surface area contributed by atoms with Crippen molar-refractivity contribution in [3.8, 4) is 11.8 Å². The van der Waals surface area contributed by atoms with Gasteiger partial charge in [-0.2, -0.15) is 8.78 Å². The highest BCUT2D eigenvalue weighted by molar-refractivity contribution is 5.00. The van der Waals surface area contributed by atoms with Crippen LogP contribution in [-0.4, -0.2) is 13.1 Å². The van der Waals surface area contributed by atoms with Gasteiger partial charge in [0.2, 0.25) is 0 Å². The molecule has 0 saturated carbocycles. The SMILES string of the molecule is FCC#CC(F)F. The molecule has 0 amide bonds. The van der Waals surface area contributed by atoms with Gasteiger partial charge >= 0.3 is 0 Å². The lowest BCUT2D eigenvalue weighted by Gasteiger charge is -1.74. The average Bonchev–Trinajstić information content (AvgIpc) is 1.61. The minimum Gasteiger partial charge on any atom is -0.237 e. The fourth-order valence-corrected chi connectivity index (χ4v) is 0.116. The third-order valence-electron chi connectivity index (χ3n) is 0.278. The van der Waals surface area contributed by atoms with Crippen LogP contribution < -0.4 is 0 Å².